The molecule has 1 aromatic heterocycles. The van der Waals surface area contributed by atoms with Crippen molar-refractivity contribution < 1.29 is 26.8 Å². The Kier molecular flexibility index (Phi) is 6.41. The highest BCUT2D eigenvalue weighted by atomic mass is 32.2. The molecule has 1 saturated heterocycles. The quantitative estimate of drug-likeness (QED) is 0.613. The molecular weight excluding hydrogens is 432 g/mol. The molecule has 1 aromatic carbocycles. The molecular formula is C19H23F2N5O4S. The molecule has 0 bridgehead atoms. The number of aryl methyl sites for hydroxylation is 1. The number of rotatable bonds is 6. The van der Waals surface area contributed by atoms with E-state index in [4.69, 9.17) is 0 Å². The second-order valence-electron chi connectivity index (χ2n) is 7.25. The molecule has 0 aliphatic carbocycles. The summed E-state index contributed by atoms with van der Waals surface area (Å²) in [6.45, 7) is 5.43. The number of carbonyl (C=O) groups is 2. The molecule has 3 unspecified atom stereocenters. The zero-order valence-electron chi connectivity index (χ0n) is 17.1. The van der Waals surface area contributed by atoms with Crippen LogP contribution >= 0.6 is 0 Å². The smallest absolute Gasteiger partial charge is 0.322 e. The standard InChI is InChI=1S/C19H23F2N5O4S/c1-4-12-11(3)22-19(24-16(12)27)26-15(9-10(2)25-26)23-17(28)13-7-5-6-8-14(13)31(29,30)18(20)21/h5-9,11-12,18-19,22H,4H2,1-3H3,(H,23,28)(H,24,27). The molecule has 12 heteroatoms. The molecule has 9 nitrogen and oxygen atoms in total. The van der Waals surface area contributed by atoms with E-state index in [9.17, 15) is 26.8 Å². The summed E-state index contributed by atoms with van der Waals surface area (Å²) in [5.41, 5.74) is 0.0957. The normalized spacial score (nSPS) is 21.7. The van der Waals surface area contributed by atoms with Gasteiger partial charge >= 0.3 is 5.76 Å². The molecule has 31 heavy (non-hydrogen) atoms. The summed E-state index contributed by atoms with van der Waals surface area (Å²) in [5, 5.41) is 12.8. The molecule has 2 heterocycles. The predicted molar refractivity (Wildman–Crippen MR) is 108 cm³/mol. The van der Waals surface area contributed by atoms with Crippen molar-refractivity contribution in [3.05, 3.63) is 41.6 Å². The third kappa shape index (κ3) is 4.44. The van der Waals surface area contributed by atoms with Crippen LogP contribution in [0.5, 0.6) is 0 Å². The lowest BCUT2D eigenvalue weighted by molar-refractivity contribution is -0.130. The van der Waals surface area contributed by atoms with E-state index >= 15 is 0 Å². The average Bonchev–Trinajstić information content (AvgIpc) is 3.07. The second-order valence-corrected chi connectivity index (χ2v) is 9.14. The number of hydrogen-bond acceptors (Lipinski definition) is 6. The van der Waals surface area contributed by atoms with Gasteiger partial charge in [-0.25, -0.2) is 13.1 Å². The number of halogens is 2. The summed E-state index contributed by atoms with van der Waals surface area (Å²) in [6.07, 6.45) is -0.113. The summed E-state index contributed by atoms with van der Waals surface area (Å²) < 4.78 is 51.3. The largest absolute Gasteiger partial charge is 0.341 e. The zero-order valence-corrected chi connectivity index (χ0v) is 17.9. The Morgan fingerprint density at radius 1 is 1.32 bits per heavy atom. The Morgan fingerprint density at radius 2 is 2.00 bits per heavy atom. The summed E-state index contributed by atoms with van der Waals surface area (Å²) in [7, 11) is -4.98. The monoisotopic (exact) mass is 455 g/mol. The molecule has 1 aliphatic rings. The zero-order chi connectivity index (χ0) is 22.9. The highest BCUT2D eigenvalue weighted by molar-refractivity contribution is 7.91. The number of benzene rings is 1. The Labute approximate surface area is 178 Å². The van der Waals surface area contributed by atoms with Crippen LogP contribution in [0.15, 0.2) is 35.2 Å². The Balaban J connectivity index is 1.91. The van der Waals surface area contributed by atoms with Crippen LogP contribution in [-0.4, -0.2) is 41.8 Å². The van der Waals surface area contributed by atoms with Crippen LogP contribution in [0.1, 0.15) is 42.6 Å². The molecule has 0 saturated carbocycles. The van der Waals surface area contributed by atoms with Crippen LogP contribution < -0.4 is 16.0 Å². The Morgan fingerprint density at radius 3 is 2.61 bits per heavy atom. The van der Waals surface area contributed by atoms with E-state index in [2.05, 4.69) is 21.0 Å². The van der Waals surface area contributed by atoms with Crippen molar-refractivity contribution in [2.24, 2.45) is 5.92 Å². The van der Waals surface area contributed by atoms with Crippen LogP contribution in [0.25, 0.3) is 0 Å². The van der Waals surface area contributed by atoms with Crippen molar-refractivity contribution in [2.75, 3.05) is 5.32 Å². The van der Waals surface area contributed by atoms with Gasteiger partial charge in [0.05, 0.1) is 22.1 Å². The average molecular weight is 455 g/mol. The molecule has 3 rings (SSSR count). The van der Waals surface area contributed by atoms with E-state index in [1.54, 1.807) is 6.92 Å². The van der Waals surface area contributed by atoms with Crippen molar-refractivity contribution in [1.82, 2.24) is 20.4 Å². The Bertz CT molecular complexity index is 1100. The van der Waals surface area contributed by atoms with Gasteiger partial charge in [0, 0.05) is 12.1 Å². The lowest BCUT2D eigenvalue weighted by Crippen LogP contribution is -2.57. The highest BCUT2D eigenvalue weighted by Crippen LogP contribution is 2.25. The molecule has 3 atom stereocenters. The van der Waals surface area contributed by atoms with Crippen LogP contribution in [0.3, 0.4) is 0 Å². The number of alkyl halides is 2. The van der Waals surface area contributed by atoms with Crippen LogP contribution in [0, 0.1) is 12.8 Å². The molecule has 3 N–H and O–H groups in total. The van der Waals surface area contributed by atoms with Gasteiger partial charge in [0.15, 0.2) is 6.29 Å². The van der Waals surface area contributed by atoms with Gasteiger partial charge in [0.25, 0.3) is 5.91 Å². The first-order chi connectivity index (χ1) is 14.6. The van der Waals surface area contributed by atoms with Crippen molar-refractivity contribution in [1.29, 1.82) is 0 Å². The number of amides is 2. The van der Waals surface area contributed by atoms with Gasteiger partial charge in [0.1, 0.15) is 5.82 Å². The number of carbonyl (C=O) groups excluding carboxylic acids is 2. The lowest BCUT2D eigenvalue weighted by Gasteiger charge is -2.35. The van der Waals surface area contributed by atoms with E-state index in [1.807, 2.05) is 13.8 Å². The number of anilines is 1. The minimum Gasteiger partial charge on any atom is -0.322 e. The maximum atomic E-state index is 13.0. The lowest BCUT2D eigenvalue weighted by atomic mass is 9.95. The number of nitrogens with zero attached hydrogens (tertiary/aromatic N) is 2. The van der Waals surface area contributed by atoms with E-state index in [0.29, 0.717) is 12.1 Å². The first-order valence-corrected chi connectivity index (χ1v) is 11.2. The minimum atomic E-state index is -4.98. The second kappa shape index (κ2) is 8.71. The first-order valence-electron chi connectivity index (χ1n) is 9.61. The van der Waals surface area contributed by atoms with E-state index in [-0.39, 0.29) is 23.7 Å². The van der Waals surface area contributed by atoms with E-state index in [0.717, 1.165) is 12.1 Å². The van der Waals surface area contributed by atoms with Crippen molar-refractivity contribution in [2.45, 2.75) is 50.2 Å². The van der Waals surface area contributed by atoms with Gasteiger partial charge in [-0.15, -0.1) is 0 Å². The fourth-order valence-corrected chi connectivity index (χ4v) is 4.46. The molecule has 2 amide bonds. The number of hydrogen-bond donors (Lipinski definition) is 3. The topological polar surface area (TPSA) is 122 Å². The molecule has 0 radical (unpaired) electrons. The fraction of sp³-hybridized carbons (Fsp3) is 0.421. The summed E-state index contributed by atoms with van der Waals surface area (Å²) in [5.74, 6) is -4.80. The third-order valence-corrected chi connectivity index (χ3v) is 6.53. The maximum Gasteiger partial charge on any atom is 0.341 e. The molecule has 1 aliphatic heterocycles. The van der Waals surface area contributed by atoms with Crippen molar-refractivity contribution >= 4 is 27.5 Å². The van der Waals surface area contributed by atoms with E-state index in [1.165, 1.54) is 22.9 Å². The number of aromatic nitrogens is 2. The fourth-order valence-electron chi connectivity index (χ4n) is 3.54. The highest BCUT2D eigenvalue weighted by Gasteiger charge is 2.35. The summed E-state index contributed by atoms with van der Waals surface area (Å²) in [6, 6.07) is 6.09. The van der Waals surface area contributed by atoms with E-state index < -0.39 is 38.3 Å². The molecule has 2 aromatic rings. The number of nitrogens with one attached hydrogen (secondary N) is 3. The van der Waals surface area contributed by atoms with Gasteiger partial charge in [-0.2, -0.15) is 13.9 Å². The predicted octanol–water partition coefficient (Wildman–Crippen LogP) is 2.03. The SMILES string of the molecule is CCC1C(=O)NC(n2nc(C)cc2NC(=O)c2ccccc2S(=O)(=O)C(F)F)NC1C. The Hall–Kier alpha value is -2.86. The summed E-state index contributed by atoms with van der Waals surface area (Å²) in [4.78, 5) is 24.4. The van der Waals surface area contributed by atoms with Gasteiger partial charge < -0.3 is 10.6 Å². The van der Waals surface area contributed by atoms with Crippen molar-refractivity contribution in [3.8, 4) is 0 Å². The molecule has 168 valence electrons. The first kappa shape index (κ1) is 22.8. The summed E-state index contributed by atoms with van der Waals surface area (Å²) >= 11 is 0. The van der Waals surface area contributed by atoms with Crippen LogP contribution in [-0.2, 0) is 14.6 Å². The molecule has 0 spiro atoms. The maximum absolute atomic E-state index is 13.0. The van der Waals surface area contributed by atoms with Gasteiger partial charge in [0.2, 0.25) is 15.7 Å². The van der Waals surface area contributed by atoms with Crippen molar-refractivity contribution in [3.63, 3.8) is 0 Å². The van der Waals surface area contributed by atoms with Crippen LogP contribution in [0.2, 0.25) is 0 Å². The van der Waals surface area contributed by atoms with Crippen LogP contribution in [0.4, 0.5) is 14.6 Å². The van der Waals surface area contributed by atoms with Gasteiger partial charge in [-0.3, -0.25) is 14.9 Å². The molecule has 1 fully saturated rings. The van der Waals surface area contributed by atoms with Gasteiger partial charge in [-0.1, -0.05) is 19.1 Å². The van der Waals surface area contributed by atoms with Gasteiger partial charge in [-0.05, 0) is 32.4 Å². The number of sulfone groups is 1. The minimum absolute atomic E-state index is 0.159. The third-order valence-electron chi connectivity index (χ3n) is 5.10.